The second-order valence-electron chi connectivity index (χ2n) is 6.38. The number of Topliss-reactive ketones (excluding diaryl/α,β-unsaturated/α-hetero) is 1. The van der Waals surface area contributed by atoms with Crippen molar-refractivity contribution in [3.63, 3.8) is 0 Å². The Morgan fingerprint density at radius 1 is 1.00 bits per heavy atom. The summed E-state index contributed by atoms with van der Waals surface area (Å²) in [5.74, 6) is -1.24. The van der Waals surface area contributed by atoms with Gasteiger partial charge in [-0.15, -0.1) is 0 Å². The molecule has 0 radical (unpaired) electrons. The van der Waals surface area contributed by atoms with E-state index in [2.05, 4.69) is 5.32 Å². The van der Waals surface area contributed by atoms with Crippen LogP contribution in [0.5, 0.6) is 0 Å². The van der Waals surface area contributed by atoms with Gasteiger partial charge in [-0.3, -0.25) is 14.4 Å². The third-order valence-corrected chi connectivity index (χ3v) is 4.49. The highest BCUT2D eigenvalue weighted by Gasteiger charge is 2.21. The summed E-state index contributed by atoms with van der Waals surface area (Å²) in [6.07, 6.45) is 2.25. The molecule has 1 aliphatic rings. The lowest BCUT2D eigenvalue weighted by Gasteiger charge is -2.13. The molecule has 2 aromatic carbocycles. The number of carbonyl (C=O) groups is 3. The Labute approximate surface area is 152 Å². The largest absolute Gasteiger partial charge is 0.453 e. The van der Waals surface area contributed by atoms with Crippen LogP contribution in [0.15, 0.2) is 48.5 Å². The fourth-order valence-electron chi connectivity index (χ4n) is 3.10. The lowest BCUT2D eigenvalue weighted by Crippen LogP contribution is -2.34. The molecule has 1 amide bonds. The molecule has 26 heavy (non-hydrogen) atoms. The van der Waals surface area contributed by atoms with Crippen LogP contribution in [0, 0.1) is 0 Å². The van der Waals surface area contributed by atoms with Crippen molar-refractivity contribution < 1.29 is 19.1 Å². The van der Waals surface area contributed by atoms with Crippen molar-refractivity contribution in [1.82, 2.24) is 5.32 Å². The molecular weight excluding hydrogens is 330 g/mol. The molecule has 0 aromatic heterocycles. The Kier molecular flexibility index (Phi) is 5.46. The van der Waals surface area contributed by atoms with Gasteiger partial charge in [0.15, 0.2) is 6.10 Å². The molecule has 5 heteroatoms. The molecule has 0 aliphatic heterocycles. The van der Waals surface area contributed by atoms with Crippen LogP contribution in [0.2, 0.25) is 0 Å². The molecule has 2 aromatic rings. The number of hydrogen-bond acceptors (Lipinski definition) is 4. The molecule has 1 atom stereocenters. The van der Waals surface area contributed by atoms with Crippen molar-refractivity contribution in [1.29, 1.82) is 0 Å². The third-order valence-electron chi connectivity index (χ3n) is 4.49. The van der Waals surface area contributed by atoms with Gasteiger partial charge in [-0.1, -0.05) is 30.3 Å². The summed E-state index contributed by atoms with van der Waals surface area (Å²) in [7, 11) is 0. The number of ether oxygens (including phenoxy) is 1. The number of benzene rings is 2. The van der Waals surface area contributed by atoms with Gasteiger partial charge >= 0.3 is 5.97 Å². The van der Waals surface area contributed by atoms with E-state index in [-0.39, 0.29) is 18.2 Å². The van der Waals surface area contributed by atoms with Crippen molar-refractivity contribution in [2.24, 2.45) is 0 Å². The summed E-state index contributed by atoms with van der Waals surface area (Å²) in [6.45, 7) is 1.27. The van der Waals surface area contributed by atoms with Gasteiger partial charge in [0.1, 0.15) is 6.54 Å². The first-order valence-corrected chi connectivity index (χ1v) is 8.73. The standard InChI is InChI=1S/C21H21NO4/c1-14(20(24)18-11-10-15-8-5-9-17(15)12-18)26-19(23)13-22-21(25)16-6-3-2-4-7-16/h2-4,6-7,10-12,14H,5,8-9,13H2,1H3,(H,22,25)/t14-/m1/s1. The lowest BCUT2D eigenvalue weighted by atomic mass is 10.0. The number of hydrogen-bond donors (Lipinski definition) is 1. The molecule has 0 fully saturated rings. The summed E-state index contributed by atoms with van der Waals surface area (Å²) in [5.41, 5.74) is 3.50. The number of ketones is 1. The van der Waals surface area contributed by atoms with E-state index in [1.54, 1.807) is 43.3 Å². The van der Waals surface area contributed by atoms with E-state index in [0.717, 1.165) is 19.3 Å². The first-order chi connectivity index (χ1) is 12.5. The SMILES string of the molecule is C[C@@H](OC(=O)CNC(=O)c1ccccc1)C(=O)c1ccc2c(c1)CCC2. The molecule has 0 spiro atoms. The minimum Gasteiger partial charge on any atom is -0.453 e. The van der Waals surface area contributed by atoms with Crippen molar-refractivity contribution in [2.45, 2.75) is 32.3 Å². The molecule has 0 bridgehead atoms. The number of esters is 1. The minimum atomic E-state index is -0.893. The molecule has 0 unspecified atom stereocenters. The third kappa shape index (κ3) is 4.17. The van der Waals surface area contributed by atoms with Crippen LogP contribution in [0.4, 0.5) is 0 Å². The van der Waals surface area contributed by atoms with E-state index in [4.69, 9.17) is 4.74 Å². The lowest BCUT2D eigenvalue weighted by molar-refractivity contribution is -0.145. The Bertz CT molecular complexity index is 829. The van der Waals surface area contributed by atoms with E-state index in [1.807, 2.05) is 12.1 Å². The van der Waals surface area contributed by atoms with Crippen molar-refractivity contribution in [3.8, 4) is 0 Å². The smallest absolute Gasteiger partial charge is 0.326 e. The summed E-state index contributed by atoms with van der Waals surface area (Å²) in [5, 5.41) is 2.49. The van der Waals surface area contributed by atoms with E-state index >= 15 is 0 Å². The maximum atomic E-state index is 12.5. The zero-order valence-corrected chi connectivity index (χ0v) is 14.7. The summed E-state index contributed by atoms with van der Waals surface area (Å²) in [6, 6.07) is 14.2. The second kappa shape index (κ2) is 7.95. The highest BCUT2D eigenvalue weighted by molar-refractivity contribution is 6.01. The molecule has 5 nitrogen and oxygen atoms in total. The van der Waals surface area contributed by atoms with E-state index in [0.29, 0.717) is 11.1 Å². The number of aryl methyl sites for hydroxylation is 2. The van der Waals surface area contributed by atoms with Crippen LogP contribution in [0.1, 0.15) is 45.2 Å². The van der Waals surface area contributed by atoms with Crippen LogP contribution < -0.4 is 5.32 Å². The Morgan fingerprint density at radius 2 is 1.73 bits per heavy atom. The second-order valence-corrected chi connectivity index (χ2v) is 6.38. The van der Waals surface area contributed by atoms with E-state index in [1.165, 1.54) is 11.1 Å². The van der Waals surface area contributed by atoms with Gasteiger partial charge in [0.2, 0.25) is 5.78 Å². The summed E-state index contributed by atoms with van der Waals surface area (Å²) < 4.78 is 5.17. The van der Waals surface area contributed by atoms with Gasteiger partial charge in [0.25, 0.3) is 5.91 Å². The first kappa shape index (κ1) is 17.9. The van der Waals surface area contributed by atoms with Crippen LogP contribution in [0.3, 0.4) is 0 Å². The van der Waals surface area contributed by atoms with Gasteiger partial charge < -0.3 is 10.1 Å². The number of fused-ring (bicyclic) bond motifs is 1. The van der Waals surface area contributed by atoms with Gasteiger partial charge in [0.05, 0.1) is 0 Å². The van der Waals surface area contributed by atoms with Crippen molar-refractivity contribution in [3.05, 3.63) is 70.8 Å². The normalized spacial score (nSPS) is 13.6. The van der Waals surface area contributed by atoms with Crippen LogP contribution in [-0.2, 0) is 22.4 Å². The van der Waals surface area contributed by atoms with Crippen LogP contribution >= 0.6 is 0 Å². The molecule has 0 saturated heterocycles. The molecule has 3 rings (SSSR count). The maximum absolute atomic E-state index is 12.5. The molecule has 1 aliphatic carbocycles. The fourth-order valence-corrected chi connectivity index (χ4v) is 3.10. The molecule has 1 N–H and O–H groups in total. The molecular formula is C21H21NO4. The first-order valence-electron chi connectivity index (χ1n) is 8.73. The monoisotopic (exact) mass is 351 g/mol. The number of rotatable bonds is 6. The highest BCUT2D eigenvalue weighted by atomic mass is 16.5. The van der Waals surface area contributed by atoms with Gasteiger partial charge in [0, 0.05) is 11.1 Å². The molecule has 0 saturated carbocycles. The minimum absolute atomic E-state index is 0.234. The van der Waals surface area contributed by atoms with E-state index < -0.39 is 12.1 Å². The quantitative estimate of drug-likeness (QED) is 0.642. The Morgan fingerprint density at radius 3 is 2.50 bits per heavy atom. The van der Waals surface area contributed by atoms with Gasteiger partial charge in [-0.05, 0) is 55.5 Å². The number of nitrogens with one attached hydrogen (secondary N) is 1. The van der Waals surface area contributed by atoms with Gasteiger partial charge in [-0.25, -0.2) is 0 Å². The zero-order chi connectivity index (χ0) is 18.5. The predicted octanol–water partition coefficient (Wildman–Crippen LogP) is 2.72. The number of amides is 1. The topological polar surface area (TPSA) is 72.5 Å². The van der Waals surface area contributed by atoms with Crippen molar-refractivity contribution in [2.75, 3.05) is 6.54 Å². The highest BCUT2D eigenvalue weighted by Crippen LogP contribution is 2.23. The molecule has 134 valence electrons. The maximum Gasteiger partial charge on any atom is 0.326 e. The average Bonchev–Trinajstić information content (AvgIpc) is 3.13. The Hall–Kier alpha value is -2.95. The number of carbonyl (C=O) groups excluding carboxylic acids is 3. The van der Waals surface area contributed by atoms with Crippen molar-refractivity contribution >= 4 is 17.7 Å². The Balaban J connectivity index is 1.52. The predicted molar refractivity (Wildman–Crippen MR) is 97.1 cm³/mol. The van der Waals surface area contributed by atoms with E-state index in [9.17, 15) is 14.4 Å². The summed E-state index contributed by atoms with van der Waals surface area (Å²) in [4.78, 5) is 36.3. The summed E-state index contributed by atoms with van der Waals surface area (Å²) >= 11 is 0. The van der Waals surface area contributed by atoms with Crippen LogP contribution in [-0.4, -0.2) is 30.3 Å². The fraction of sp³-hybridized carbons (Fsp3) is 0.286. The van der Waals surface area contributed by atoms with Gasteiger partial charge in [-0.2, -0.15) is 0 Å². The molecule has 0 heterocycles. The zero-order valence-electron chi connectivity index (χ0n) is 14.7. The average molecular weight is 351 g/mol. The van der Waals surface area contributed by atoms with Crippen LogP contribution in [0.25, 0.3) is 0 Å².